The molecule has 0 amide bonds. The van der Waals surface area contributed by atoms with Gasteiger partial charge in [0.2, 0.25) is 0 Å². The molecule has 1 radical (unpaired) electrons. The average Bonchev–Trinajstić information content (AvgIpc) is 2.89. The molecule has 1 N–H and O–H groups in total. The average molecular weight is 344 g/mol. The maximum atomic E-state index is 11.4. The number of fused-ring (bicyclic) bond motifs is 1. The Labute approximate surface area is 154 Å². The quantitative estimate of drug-likeness (QED) is 0.584. The molecule has 0 atom stereocenters. The predicted octanol–water partition coefficient (Wildman–Crippen LogP) is 2.84. The largest absolute Gasteiger partial charge is 0.495 e. The van der Waals surface area contributed by atoms with Crippen LogP contribution in [0.15, 0.2) is 47.4 Å². The van der Waals surface area contributed by atoms with Gasteiger partial charge in [-0.2, -0.15) is 8.42 Å². The summed E-state index contributed by atoms with van der Waals surface area (Å²) in [5.74, 6) is 0.0994. The van der Waals surface area contributed by atoms with Crippen LogP contribution in [-0.4, -0.2) is 54.6 Å². The summed E-state index contributed by atoms with van der Waals surface area (Å²) in [6.07, 6.45) is 0. The van der Waals surface area contributed by atoms with Crippen LogP contribution in [0, 0.1) is 0 Å². The Kier molecular flexibility index (Phi) is 5.26. The van der Waals surface area contributed by atoms with Crippen LogP contribution in [0.1, 0.15) is 0 Å². The molecule has 0 saturated heterocycles. The summed E-state index contributed by atoms with van der Waals surface area (Å²) in [4.78, 5) is 4.20. The van der Waals surface area contributed by atoms with E-state index in [4.69, 9.17) is 4.74 Å². The molecule has 2 aromatic carbocycles. The van der Waals surface area contributed by atoms with Crippen LogP contribution >= 0.6 is 11.3 Å². The summed E-state index contributed by atoms with van der Waals surface area (Å²) in [5, 5.41) is 0.684. The van der Waals surface area contributed by atoms with Crippen molar-refractivity contribution < 1.29 is 17.7 Å². The van der Waals surface area contributed by atoms with Crippen molar-refractivity contribution in [3.05, 3.63) is 42.5 Å². The SMILES string of the molecule is COc1ccc(-c2nc3ccccc3s2)cc1S(=O)(=O)O.[Na]. The summed E-state index contributed by atoms with van der Waals surface area (Å²) in [5.41, 5.74) is 1.46. The number of ether oxygens (including phenoxy) is 1. The van der Waals surface area contributed by atoms with Gasteiger partial charge in [0, 0.05) is 35.1 Å². The second-order valence-corrected chi connectivity index (χ2v) is 6.75. The zero-order chi connectivity index (χ0) is 15.0. The summed E-state index contributed by atoms with van der Waals surface area (Å²) < 4.78 is 38.1. The zero-order valence-electron chi connectivity index (χ0n) is 12.0. The van der Waals surface area contributed by atoms with Crippen molar-refractivity contribution >= 4 is 61.2 Å². The van der Waals surface area contributed by atoms with Crippen molar-refractivity contribution in [2.24, 2.45) is 0 Å². The first kappa shape index (κ1) is 17.4. The van der Waals surface area contributed by atoms with E-state index < -0.39 is 10.1 Å². The second kappa shape index (κ2) is 6.66. The number of para-hydroxylation sites is 1. The molecule has 0 aliphatic heterocycles. The number of nitrogens with zero attached hydrogens (tertiary/aromatic N) is 1. The van der Waals surface area contributed by atoms with Crippen molar-refractivity contribution in [1.82, 2.24) is 4.98 Å². The Hall–Kier alpha value is -0.960. The van der Waals surface area contributed by atoms with E-state index in [1.807, 2.05) is 24.3 Å². The van der Waals surface area contributed by atoms with E-state index in [2.05, 4.69) is 4.98 Å². The third kappa shape index (κ3) is 3.34. The first-order valence-electron chi connectivity index (χ1n) is 6.00. The van der Waals surface area contributed by atoms with Gasteiger partial charge in [-0.25, -0.2) is 4.98 Å². The molecule has 1 aromatic heterocycles. The van der Waals surface area contributed by atoms with Crippen LogP contribution < -0.4 is 4.74 Å². The monoisotopic (exact) mass is 344 g/mol. The Balaban J connectivity index is 0.00000176. The van der Waals surface area contributed by atoms with Crippen molar-refractivity contribution in [1.29, 1.82) is 0 Å². The minimum Gasteiger partial charge on any atom is -0.495 e. The van der Waals surface area contributed by atoms with Crippen LogP contribution in [0.5, 0.6) is 5.75 Å². The number of aromatic nitrogens is 1. The van der Waals surface area contributed by atoms with Crippen molar-refractivity contribution in [3.63, 3.8) is 0 Å². The van der Waals surface area contributed by atoms with E-state index in [0.29, 0.717) is 10.6 Å². The van der Waals surface area contributed by atoms with Gasteiger partial charge in [-0.05, 0) is 30.3 Å². The van der Waals surface area contributed by atoms with E-state index in [0.717, 1.165) is 10.2 Å². The molecular weight excluding hydrogens is 333 g/mol. The molecule has 109 valence electrons. The van der Waals surface area contributed by atoms with E-state index >= 15 is 0 Å². The molecule has 0 bridgehead atoms. The van der Waals surface area contributed by atoms with Gasteiger partial charge < -0.3 is 4.74 Å². The molecular formula is C14H11NNaO4S2. The van der Waals surface area contributed by atoms with E-state index in [1.165, 1.54) is 30.6 Å². The molecule has 0 aliphatic carbocycles. The molecule has 0 spiro atoms. The van der Waals surface area contributed by atoms with Gasteiger partial charge in [-0.3, -0.25) is 4.55 Å². The molecule has 3 rings (SSSR count). The number of hydrogen-bond acceptors (Lipinski definition) is 5. The molecule has 0 unspecified atom stereocenters. The minimum atomic E-state index is -4.35. The van der Waals surface area contributed by atoms with Gasteiger partial charge in [0.15, 0.2) is 0 Å². The van der Waals surface area contributed by atoms with Gasteiger partial charge in [0.25, 0.3) is 10.1 Å². The number of methoxy groups -OCH3 is 1. The normalized spacial score (nSPS) is 11.2. The predicted molar refractivity (Wildman–Crippen MR) is 87.2 cm³/mol. The van der Waals surface area contributed by atoms with Crippen LogP contribution in [-0.2, 0) is 10.1 Å². The van der Waals surface area contributed by atoms with E-state index in [-0.39, 0.29) is 40.2 Å². The third-order valence-electron chi connectivity index (χ3n) is 2.98. The molecule has 1 heterocycles. The van der Waals surface area contributed by atoms with Crippen LogP contribution in [0.2, 0.25) is 0 Å². The van der Waals surface area contributed by atoms with Crippen molar-refractivity contribution in [2.75, 3.05) is 7.11 Å². The van der Waals surface area contributed by atoms with Crippen LogP contribution in [0.3, 0.4) is 0 Å². The fourth-order valence-electron chi connectivity index (χ4n) is 2.01. The molecule has 5 nitrogen and oxygen atoms in total. The van der Waals surface area contributed by atoms with Gasteiger partial charge in [-0.1, -0.05) is 12.1 Å². The fraction of sp³-hybridized carbons (Fsp3) is 0.0714. The van der Waals surface area contributed by atoms with Crippen molar-refractivity contribution in [3.8, 4) is 16.3 Å². The molecule has 0 saturated carbocycles. The summed E-state index contributed by atoms with van der Waals surface area (Å²) in [7, 11) is -3.01. The summed E-state index contributed by atoms with van der Waals surface area (Å²) in [6, 6.07) is 12.2. The number of hydrogen-bond donors (Lipinski definition) is 1. The summed E-state index contributed by atoms with van der Waals surface area (Å²) >= 11 is 1.45. The Morgan fingerprint density at radius 3 is 2.55 bits per heavy atom. The van der Waals surface area contributed by atoms with Gasteiger partial charge in [0.05, 0.1) is 17.3 Å². The second-order valence-electron chi connectivity index (χ2n) is 4.33. The number of thiazole rings is 1. The first-order valence-corrected chi connectivity index (χ1v) is 8.26. The molecule has 3 aromatic rings. The Morgan fingerprint density at radius 2 is 1.91 bits per heavy atom. The molecule has 0 aliphatic rings. The maximum Gasteiger partial charge on any atom is 0.298 e. The summed E-state index contributed by atoms with van der Waals surface area (Å²) in [6.45, 7) is 0. The van der Waals surface area contributed by atoms with Gasteiger partial charge in [-0.15, -0.1) is 11.3 Å². The van der Waals surface area contributed by atoms with Crippen LogP contribution in [0.4, 0.5) is 0 Å². The van der Waals surface area contributed by atoms with Crippen molar-refractivity contribution in [2.45, 2.75) is 4.90 Å². The van der Waals surface area contributed by atoms with E-state index in [9.17, 15) is 13.0 Å². The van der Waals surface area contributed by atoms with Crippen LogP contribution in [0.25, 0.3) is 20.8 Å². The zero-order valence-corrected chi connectivity index (χ0v) is 15.6. The number of rotatable bonds is 3. The Morgan fingerprint density at radius 1 is 1.18 bits per heavy atom. The number of benzene rings is 2. The Bertz CT molecular complexity index is 888. The minimum absolute atomic E-state index is 0. The standard InChI is InChI=1S/C14H11NO4S2.Na/c1-19-11-7-6-9(8-13(11)21(16,17)18)14-15-10-4-2-3-5-12(10)20-14;/h2-8H,1H3,(H,16,17,18);. The smallest absolute Gasteiger partial charge is 0.298 e. The topological polar surface area (TPSA) is 76.5 Å². The van der Waals surface area contributed by atoms with Gasteiger partial charge >= 0.3 is 0 Å². The molecule has 0 fully saturated rings. The first-order chi connectivity index (χ1) is 9.99. The third-order valence-corrected chi connectivity index (χ3v) is 4.94. The molecule has 22 heavy (non-hydrogen) atoms. The molecule has 8 heteroatoms. The van der Waals surface area contributed by atoms with E-state index in [1.54, 1.807) is 6.07 Å². The van der Waals surface area contributed by atoms with Gasteiger partial charge in [0.1, 0.15) is 15.7 Å². The fourth-order valence-corrected chi connectivity index (χ4v) is 3.65. The maximum absolute atomic E-state index is 11.4.